The normalized spacial score (nSPS) is 17.1. The van der Waals surface area contributed by atoms with Gasteiger partial charge in [0, 0.05) is 38.1 Å². The molecule has 1 aliphatic heterocycles. The average molecular weight is 340 g/mol. The summed E-state index contributed by atoms with van der Waals surface area (Å²) in [6, 6.07) is 10.1. The summed E-state index contributed by atoms with van der Waals surface area (Å²) in [5, 5.41) is 5.54. The lowest BCUT2D eigenvalue weighted by Gasteiger charge is -2.39. The van der Waals surface area contributed by atoms with Gasteiger partial charge < -0.3 is 9.80 Å². The highest BCUT2D eigenvalue weighted by Gasteiger charge is 2.30. The summed E-state index contributed by atoms with van der Waals surface area (Å²) in [7, 11) is 0. The first-order chi connectivity index (χ1) is 12.1. The molecule has 2 N–H and O–H groups in total. The lowest BCUT2D eigenvalue weighted by Crippen LogP contribution is -2.57. The molecule has 0 bridgehead atoms. The van der Waals surface area contributed by atoms with Crippen LogP contribution in [0.25, 0.3) is 0 Å². The summed E-state index contributed by atoms with van der Waals surface area (Å²) in [4.78, 5) is 36.3. The second kappa shape index (κ2) is 7.61. The quantitative estimate of drug-likeness (QED) is 0.877. The maximum atomic E-state index is 12.4. The number of carbonyl (C=O) groups excluding carboxylic acids is 2. The van der Waals surface area contributed by atoms with Gasteiger partial charge in [-0.2, -0.15) is 0 Å². The molecule has 0 aliphatic carbocycles. The zero-order valence-corrected chi connectivity index (χ0v) is 13.9. The molecular weight excluding hydrogens is 320 g/mol. The van der Waals surface area contributed by atoms with Crippen molar-refractivity contribution in [2.45, 2.75) is 13.0 Å². The Labute approximate surface area is 145 Å². The van der Waals surface area contributed by atoms with Crippen LogP contribution in [0.1, 0.15) is 6.92 Å². The lowest BCUT2D eigenvalue weighted by molar-refractivity contribution is 0.124. The monoisotopic (exact) mass is 340 g/mol. The first kappa shape index (κ1) is 16.7. The van der Waals surface area contributed by atoms with Gasteiger partial charge in [0.25, 0.3) is 0 Å². The summed E-state index contributed by atoms with van der Waals surface area (Å²) in [5.41, 5.74) is 0. The Morgan fingerprint density at radius 1 is 0.960 bits per heavy atom. The van der Waals surface area contributed by atoms with Crippen LogP contribution < -0.4 is 10.6 Å². The number of urea groups is 2. The third-order valence-corrected chi connectivity index (χ3v) is 3.98. The minimum Gasteiger partial charge on any atom is -0.321 e. The maximum Gasteiger partial charge on any atom is 0.323 e. The zero-order chi connectivity index (χ0) is 17.6. The minimum atomic E-state index is -0.213. The van der Waals surface area contributed by atoms with Gasteiger partial charge in [-0.1, -0.05) is 12.1 Å². The van der Waals surface area contributed by atoms with Crippen molar-refractivity contribution in [1.29, 1.82) is 0 Å². The highest BCUT2D eigenvalue weighted by molar-refractivity contribution is 5.90. The van der Waals surface area contributed by atoms with E-state index in [0.717, 1.165) is 0 Å². The summed E-state index contributed by atoms with van der Waals surface area (Å²) in [6.45, 7) is 3.28. The van der Waals surface area contributed by atoms with Crippen molar-refractivity contribution in [2.24, 2.45) is 0 Å². The molecule has 0 spiro atoms. The van der Waals surface area contributed by atoms with E-state index in [-0.39, 0.29) is 18.1 Å². The molecule has 2 aromatic heterocycles. The molecule has 3 rings (SSSR count). The van der Waals surface area contributed by atoms with E-state index in [1.54, 1.807) is 46.5 Å². The fourth-order valence-electron chi connectivity index (χ4n) is 2.69. The van der Waals surface area contributed by atoms with E-state index in [0.29, 0.717) is 31.3 Å². The van der Waals surface area contributed by atoms with Crippen LogP contribution in [0.4, 0.5) is 21.2 Å². The predicted octanol–water partition coefficient (Wildman–Crippen LogP) is 2.25. The van der Waals surface area contributed by atoms with Gasteiger partial charge in [-0.15, -0.1) is 0 Å². The van der Waals surface area contributed by atoms with Crippen LogP contribution in [0.3, 0.4) is 0 Å². The Bertz CT molecular complexity index is 724. The second-order valence-electron chi connectivity index (χ2n) is 5.78. The smallest absolute Gasteiger partial charge is 0.321 e. The highest BCUT2D eigenvalue weighted by Crippen LogP contribution is 2.13. The van der Waals surface area contributed by atoms with Crippen LogP contribution in [-0.4, -0.2) is 57.5 Å². The molecule has 0 aromatic carbocycles. The van der Waals surface area contributed by atoms with Crippen molar-refractivity contribution in [3.05, 3.63) is 48.8 Å². The molecule has 130 valence electrons. The van der Waals surface area contributed by atoms with Crippen LogP contribution >= 0.6 is 0 Å². The molecule has 1 fully saturated rings. The Morgan fingerprint density at radius 3 is 2.08 bits per heavy atom. The molecule has 8 nitrogen and oxygen atoms in total. The first-order valence-corrected chi connectivity index (χ1v) is 8.09. The van der Waals surface area contributed by atoms with E-state index in [2.05, 4.69) is 20.6 Å². The number of nitrogens with one attached hydrogen (secondary N) is 2. The summed E-state index contributed by atoms with van der Waals surface area (Å²) in [6.07, 6.45) is 3.25. The number of carbonyl (C=O) groups is 2. The van der Waals surface area contributed by atoms with Gasteiger partial charge >= 0.3 is 12.1 Å². The number of piperazine rings is 1. The molecule has 0 radical (unpaired) electrons. The van der Waals surface area contributed by atoms with Crippen LogP contribution in [0.5, 0.6) is 0 Å². The van der Waals surface area contributed by atoms with Crippen molar-refractivity contribution in [1.82, 2.24) is 19.8 Å². The number of amides is 4. The Balaban J connectivity index is 1.55. The first-order valence-electron chi connectivity index (χ1n) is 8.09. The summed E-state index contributed by atoms with van der Waals surface area (Å²) >= 11 is 0. The fourth-order valence-corrected chi connectivity index (χ4v) is 2.69. The van der Waals surface area contributed by atoms with Crippen molar-refractivity contribution >= 4 is 23.7 Å². The number of anilines is 2. The van der Waals surface area contributed by atoms with Gasteiger partial charge in [-0.25, -0.2) is 19.6 Å². The van der Waals surface area contributed by atoms with Crippen LogP contribution in [0.15, 0.2) is 48.8 Å². The van der Waals surface area contributed by atoms with Gasteiger partial charge in [-0.3, -0.25) is 10.6 Å². The molecular formula is C17H20N6O2. The number of hydrogen-bond acceptors (Lipinski definition) is 4. The molecule has 3 heterocycles. The van der Waals surface area contributed by atoms with Gasteiger partial charge in [0.15, 0.2) is 0 Å². The Hall–Kier alpha value is -3.16. The standard InChI is InChI=1S/C17H20N6O2/c1-13-12-22(16(24)20-14-6-2-4-8-18-14)10-11-23(13)17(25)21-15-7-3-5-9-19-15/h2-9,13H,10-12H2,1H3,(H,18,20,24)(H,19,21,25)/t13-/m0/s1. The number of hydrogen-bond donors (Lipinski definition) is 2. The Kier molecular flexibility index (Phi) is 5.08. The van der Waals surface area contributed by atoms with Crippen molar-refractivity contribution < 1.29 is 9.59 Å². The SMILES string of the molecule is C[C@H]1CN(C(=O)Nc2ccccn2)CCN1C(=O)Nc1ccccn1. The predicted molar refractivity (Wildman–Crippen MR) is 94.3 cm³/mol. The van der Waals surface area contributed by atoms with E-state index < -0.39 is 0 Å². The maximum absolute atomic E-state index is 12.4. The van der Waals surface area contributed by atoms with E-state index in [9.17, 15) is 9.59 Å². The van der Waals surface area contributed by atoms with E-state index in [1.165, 1.54) is 0 Å². The third-order valence-electron chi connectivity index (χ3n) is 3.98. The van der Waals surface area contributed by atoms with Crippen LogP contribution in [0.2, 0.25) is 0 Å². The van der Waals surface area contributed by atoms with E-state index in [4.69, 9.17) is 0 Å². The second-order valence-corrected chi connectivity index (χ2v) is 5.78. The number of nitrogens with zero attached hydrogens (tertiary/aromatic N) is 4. The van der Waals surface area contributed by atoms with Gasteiger partial charge in [0.1, 0.15) is 11.6 Å². The van der Waals surface area contributed by atoms with Crippen molar-refractivity contribution in [3.63, 3.8) is 0 Å². The van der Waals surface area contributed by atoms with Gasteiger partial charge in [0.05, 0.1) is 0 Å². The fraction of sp³-hybridized carbons (Fsp3) is 0.294. The van der Waals surface area contributed by atoms with Crippen molar-refractivity contribution in [2.75, 3.05) is 30.3 Å². The molecule has 8 heteroatoms. The highest BCUT2D eigenvalue weighted by atomic mass is 16.2. The molecule has 2 aromatic rings. The molecule has 4 amide bonds. The molecule has 25 heavy (non-hydrogen) atoms. The van der Waals surface area contributed by atoms with E-state index in [1.807, 2.05) is 19.1 Å². The van der Waals surface area contributed by atoms with Gasteiger partial charge in [0.2, 0.25) is 0 Å². The van der Waals surface area contributed by atoms with E-state index >= 15 is 0 Å². The lowest BCUT2D eigenvalue weighted by atomic mass is 10.2. The van der Waals surface area contributed by atoms with Crippen LogP contribution in [-0.2, 0) is 0 Å². The van der Waals surface area contributed by atoms with Crippen molar-refractivity contribution in [3.8, 4) is 0 Å². The number of rotatable bonds is 2. The largest absolute Gasteiger partial charge is 0.323 e. The summed E-state index contributed by atoms with van der Waals surface area (Å²) in [5.74, 6) is 1.02. The average Bonchev–Trinajstić information content (AvgIpc) is 2.63. The minimum absolute atomic E-state index is 0.105. The topological polar surface area (TPSA) is 90.5 Å². The van der Waals surface area contributed by atoms with Gasteiger partial charge in [-0.05, 0) is 31.2 Å². The molecule has 1 aliphatic rings. The molecule has 0 saturated carbocycles. The van der Waals surface area contributed by atoms with Crippen LogP contribution in [0, 0.1) is 0 Å². The number of aromatic nitrogens is 2. The Morgan fingerprint density at radius 2 is 1.56 bits per heavy atom. The molecule has 0 unspecified atom stereocenters. The third kappa shape index (κ3) is 4.23. The summed E-state index contributed by atoms with van der Waals surface area (Å²) < 4.78 is 0. The number of pyridine rings is 2. The zero-order valence-electron chi connectivity index (χ0n) is 13.9. The molecule has 1 atom stereocenters. The molecule has 1 saturated heterocycles.